The number of nitrogens with zero attached hydrogens (tertiary/aromatic N) is 3. The van der Waals surface area contributed by atoms with Crippen molar-refractivity contribution in [3.63, 3.8) is 0 Å². The lowest BCUT2D eigenvalue weighted by molar-refractivity contribution is 0.0997. The van der Waals surface area contributed by atoms with Crippen LogP contribution in [-0.4, -0.2) is 45.9 Å². The average molecular weight is 839 g/mol. The summed E-state index contributed by atoms with van der Waals surface area (Å²) in [6, 6.07) is 39.2. The Labute approximate surface area is 351 Å². The first kappa shape index (κ1) is 38.5. The highest BCUT2D eigenvalue weighted by Gasteiger charge is 2.35. The van der Waals surface area contributed by atoms with Crippen LogP contribution in [0.4, 0.5) is 28.4 Å². The summed E-state index contributed by atoms with van der Waals surface area (Å²) in [5.41, 5.74) is 2.86. The van der Waals surface area contributed by atoms with E-state index in [0.717, 1.165) is 19.6 Å². The first-order chi connectivity index (χ1) is 28.4. The van der Waals surface area contributed by atoms with Gasteiger partial charge in [0.05, 0.1) is 46.4 Å². The molecule has 0 fully saturated rings. The van der Waals surface area contributed by atoms with E-state index < -0.39 is 21.8 Å². The lowest BCUT2D eigenvalue weighted by atomic mass is 9.88. The van der Waals surface area contributed by atoms with E-state index in [9.17, 15) is 8.42 Å². The van der Waals surface area contributed by atoms with Gasteiger partial charge < -0.3 is 9.47 Å². The van der Waals surface area contributed by atoms with E-state index in [1.807, 2.05) is 97.1 Å². The normalized spacial score (nSPS) is 15.5. The van der Waals surface area contributed by atoms with Gasteiger partial charge >= 0.3 is 0 Å². The maximum atomic E-state index is 15.1. The van der Waals surface area contributed by atoms with Crippen molar-refractivity contribution >= 4 is 79.7 Å². The maximum Gasteiger partial charge on any atom is 0.262 e. The molecule has 9 rings (SSSR count). The van der Waals surface area contributed by atoms with Crippen LogP contribution in [0.5, 0.6) is 5.75 Å². The molecule has 0 bridgehead atoms. The van der Waals surface area contributed by atoms with E-state index in [-0.39, 0.29) is 44.8 Å². The van der Waals surface area contributed by atoms with Crippen LogP contribution in [0.15, 0.2) is 163 Å². The van der Waals surface area contributed by atoms with Crippen molar-refractivity contribution in [1.29, 1.82) is 0 Å². The van der Waals surface area contributed by atoms with Gasteiger partial charge in [0, 0.05) is 30.7 Å². The van der Waals surface area contributed by atoms with Crippen LogP contribution >= 0.6 is 23.5 Å². The molecule has 1 N–H and O–H groups in total. The number of methoxy groups -OCH3 is 1. The smallest absolute Gasteiger partial charge is 0.262 e. The molecule has 13 heteroatoms. The van der Waals surface area contributed by atoms with Crippen molar-refractivity contribution in [2.75, 3.05) is 28.2 Å². The fourth-order valence-electron chi connectivity index (χ4n) is 7.25. The molecule has 6 aromatic carbocycles. The summed E-state index contributed by atoms with van der Waals surface area (Å²) in [4.78, 5) is 41.2. The molecule has 2 amide bonds. The molecule has 296 valence electrons. The SMILES string of the molecule is COc1cccc(C2=N[C@@H](C(C)(C)C)CO2)c1NS(=O)(=O)c1cc(C(=O)N2c3ccccc3Sc3ccccc32)cc(C(=O)N2c3ccccc3Sc3ccccc32)c1. The number of para-hydroxylation sites is 5. The summed E-state index contributed by atoms with van der Waals surface area (Å²) in [5.74, 6) is -0.502. The molecule has 0 aliphatic carbocycles. The van der Waals surface area contributed by atoms with Gasteiger partial charge in [0.2, 0.25) is 5.90 Å². The highest BCUT2D eigenvalue weighted by molar-refractivity contribution is 8.00. The van der Waals surface area contributed by atoms with Crippen molar-refractivity contribution in [3.8, 4) is 5.75 Å². The number of hydrogen-bond acceptors (Lipinski definition) is 9. The molecular weight excluding hydrogens is 801 g/mol. The predicted molar refractivity (Wildman–Crippen MR) is 233 cm³/mol. The van der Waals surface area contributed by atoms with Gasteiger partial charge in [0.15, 0.2) is 0 Å². The number of carbonyl (C=O) groups excluding carboxylic acids is 2. The number of amides is 2. The third kappa shape index (κ3) is 7.02. The summed E-state index contributed by atoms with van der Waals surface area (Å²) in [7, 11) is -3.10. The topological polar surface area (TPSA) is 118 Å². The minimum absolute atomic E-state index is 0.00236. The molecule has 0 saturated heterocycles. The number of sulfonamides is 1. The number of carbonyl (C=O) groups is 2. The van der Waals surface area contributed by atoms with Crippen LogP contribution < -0.4 is 19.3 Å². The summed E-state index contributed by atoms with van der Waals surface area (Å²) in [6.45, 7) is 6.53. The molecule has 3 aliphatic heterocycles. The number of nitrogens with one attached hydrogen (secondary N) is 1. The molecule has 3 aliphatic rings. The molecule has 1 atom stereocenters. The number of rotatable bonds is 7. The number of hydrogen-bond donors (Lipinski definition) is 1. The van der Waals surface area contributed by atoms with Gasteiger partial charge in [-0.2, -0.15) is 0 Å². The third-order valence-electron chi connectivity index (χ3n) is 10.3. The Kier molecular flexibility index (Phi) is 9.77. The molecular formula is C46H38N4O6S3. The Morgan fingerprint density at radius 2 is 1.15 bits per heavy atom. The lowest BCUT2D eigenvalue weighted by Crippen LogP contribution is -2.31. The Morgan fingerprint density at radius 3 is 1.58 bits per heavy atom. The van der Waals surface area contributed by atoms with Gasteiger partial charge in [-0.3, -0.25) is 24.1 Å². The first-order valence-electron chi connectivity index (χ1n) is 18.9. The zero-order chi connectivity index (χ0) is 41.1. The minimum Gasteiger partial charge on any atom is -0.495 e. The van der Waals surface area contributed by atoms with E-state index in [1.54, 1.807) is 51.5 Å². The van der Waals surface area contributed by atoms with Gasteiger partial charge in [-0.25, -0.2) is 13.4 Å². The Balaban J connectivity index is 1.20. The molecule has 0 spiro atoms. The molecule has 59 heavy (non-hydrogen) atoms. The minimum atomic E-state index is -4.55. The molecule has 0 radical (unpaired) electrons. The van der Waals surface area contributed by atoms with Crippen molar-refractivity contribution in [1.82, 2.24) is 0 Å². The number of aliphatic imine (C=N–C) groups is 1. The molecule has 0 aromatic heterocycles. The summed E-state index contributed by atoms with van der Waals surface area (Å²) >= 11 is 3.09. The molecule has 10 nitrogen and oxygen atoms in total. The predicted octanol–water partition coefficient (Wildman–Crippen LogP) is 10.6. The van der Waals surface area contributed by atoms with Crippen molar-refractivity contribution in [2.45, 2.75) is 51.3 Å². The van der Waals surface area contributed by atoms with Crippen molar-refractivity contribution in [2.24, 2.45) is 10.4 Å². The highest BCUT2D eigenvalue weighted by Crippen LogP contribution is 2.50. The van der Waals surface area contributed by atoms with E-state index in [1.165, 1.54) is 25.3 Å². The zero-order valence-electron chi connectivity index (χ0n) is 32.5. The monoisotopic (exact) mass is 838 g/mol. The van der Waals surface area contributed by atoms with Crippen molar-refractivity contribution in [3.05, 3.63) is 150 Å². The van der Waals surface area contributed by atoms with E-state index in [0.29, 0.717) is 34.9 Å². The van der Waals surface area contributed by atoms with E-state index in [4.69, 9.17) is 14.5 Å². The number of ether oxygens (including phenoxy) is 2. The van der Waals surface area contributed by atoms with Crippen LogP contribution in [0.3, 0.4) is 0 Å². The third-order valence-corrected chi connectivity index (χ3v) is 13.9. The quantitative estimate of drug-likeness (QED) is 0.169. The second-order valence-electron chi connectivity index (χ2n) is 15.2. The zero-order valence-corrected chi connectivity index (χ0v) is 35.0. The fourth-order valence-corrected chi connectivity index (χ4v) is 10.5. The molecule has 3 heterocycles. The van der Waals surface area contributed by atoms with Crippen LogP contribution in [0.2, 0.25) is 0 Å². The lowest BCUT2D eigenvalue weighted by Gasteiger charge is -2.32. The number of fused-ring (bicyclic) bond motifs is 4. The number of benzene rings is 6. The fraction of sp³-hybridized carbons (Fsp3) is 0.152. The first-order valence-corrected chi connectivity index (χ1v) is 22.0. The second-order valence-corrected chi connectivity index (χ2v) is 19.1. The van der Waals surface area contributed by atoms with Gasteiger partial charge in [-0.15, -0.1) is 0 Å². The largest absolute Gasteiger partial charge is 0.495 e. The Hall–Kier alpha value is -6.02. The Morgan fingerprint density at radius 1 is 0.695 bits per heavy atom. The van der Waals surface area contributed by atoms with Gasteiger partial charge in [-0.05, 0) is 84.3 Å². The van der Waals surface area contributed by atoms with Crippen LogP contribution in [-0.2, 0) is 14.8 Å². The molecule has 0 saturated carbocycles. The average Bonchev–Trinajstić information content (AvgIpc) is 3.75. The van der Waals surface area contributed by atoms with E-state index in [2.05, 4.69) is 25.5 Å². The highest BCUT2D eigenvalue weighted by atomic mass is 32.2. The molecule has 0 unspecified atom stereocenters. The summed E-state index contributed by atoms with van der Waals surface area (Å²) in [6.07, 6.45) is 0. The van der Waals surface area contributed by atoms with Gasteiger partial charge in [0.25, 0.3) is 21.8 Å². The van der Waals surface area contributed by atoms with Gasteiger partial charge in [-0.1, -0.05) is 98.9 Å². The van der Waals surface area contributed by atoms with Crippen LogP contribution in [0.25, 0.3) is 0 Å². The number of anilines is 5. The second kappa shape index (κ2) is 15.0. The van der Waals surface area contributed by atoms with Crippen molar-refractivity contribution < 1.29 is 27.5 Å². The maximum absolute atomic E-state index is 15.1. The molecule has 6 aromatic rings. The summed E-state index contributed by atoms with van der Waals surface area (Å²) < 4.78 is 44.2. The van der Waals surface area contributed by atoms with Crippen LogP contribution in [0.1, 0.15) is 47.1 Å². The summed E-state index contributed by atoms with van der Waals surface area (Å²) in [5, 5.41) is 0. The Bertz CT molecular complexity index is 2620. The van der Waals surface area contributed by atoms with Crippen LogP contribution in [0, 0.1) is 5.41 Å². The standard InChI is InChI=1S/C46H38N4O6S3/c1-46(2,3)41-27-56-43(47-41)31-14-13-19-36(55-4)42(31)48-59(53,54)30-25-28(44(51)49-32-15-5-9-20-37(32)57-38-21-10-6-16-33(38)49)24-29(26-30)45(52)50-34-17-7-11-22-39(34)58-40-23-12-8-18-35(40)50/h5-26,41,48H,27H2,1-4H3/t41-/m1/s1. The van der Waals surface area contributed by atoms with Gasteiger partial charge in [0.1, 0.15) is 18.0 Å². The van der Waals surface area contributed by atoms with E-state index >= 15 is 9.59 Å².